The number of halogens is 1. The molecular weight excluding hydrogens is 441 g/mol. The summed E-state index contributed by atoms with van der Waals surface area (Å²) in [5.74, 6) is -0.842. The predicted molar refractivity (Wildman–Crippen MR) is 127 cm³/mol. The Hall–Kier alpha value is -3.23. The van der Waals surface area contributed by atoms with Crippen LogP contribution in [0.15, 0.2) is 66.1 Å². The zero-order valence-corrected chi connectivity index (χ0v) is 18.9. The maximum absolute atomic E-state index is 13.4. The van der Waals surface area contributed by atoms with E-state index in [2.05, 4.69) is 11.5 Å². The van der Waals surface area contributed by atoms with Crippen LogP contribution < -0.4 is 0 Å². The number of benzene rings is 2. The zero-order valence-electron chi connectivity index (χ0n) is 18.1. The molecule has 2 saturated heterocycles. The monoisotopic (exact) mass is 465 g/mol. The van der Waals surface area contributed by atoms with Crippen LogP contribution in [0.1, 0.15) is 21.5 Å². The molecule has 0 unspecified atom stereocenters. The Morgan fingerprint density at radius 1 is 1.06 bits per heavy atom. The zero-order chi connectivity index (χ0) is 23.4. The van der Waals surface area contributed by atoms with E-state index in [1.54, 1.807) is 42.5 Å². The molecule has 33 heavy (non-hydrogen) atoms. The second-order valence-electron chi connectivity index (χ2n) is 7.90. The topological polar surface area (TPSA) is 60.9 Å². The van der Waals surface area contributed by atoms with Gasteiger partial charge in [-0.05, 0) is 53.2 Å². The Morgan fingerprint density at radius 3 is 2.45 bits per heavy atom. The van der Waals surface area contributed by atoms with Gasteiger partial charge in [-0.1, -0.05) is 30.3 Å². The van der Waals surface area contributed by atoms with Gasteiger partial charge in [-0.3, -0.25) is 24.2 Å². The van der Waals surface area contributed by atoms with Gasteiger partial charge < -0.3 is 4.90 Å². The summed E-state index contributed by atoms with van der Waals surface area (Å²) >= 11 is 0.855. The Balaban J connectivity index is 1.40. The molecule has 2 aromatic carbocycles. The molecule has 2 aromatic rings. The van der Waals surface area contributed by atoms with Crippen molar-refractivity contribution in [1.29, 1.82) is 0 Å². The fourth-order valence-corrected chi connectivity index (χ4v) is 4.66. The van der Waals surface area contributed by atoms with Crippen molar-refractivity contribution in [3.8, 4) is 0 Å². The number of imide groups is 1. The van der Waals surface area contributed by atoms with Gasteiger partial charge in [-0.25, -0.2) is 4.39 Å². The highest BCUT2D eigenvalue weighted by molar-refractivity contribution is 8.18. The molecule has 3 amide bonds. The largest absolute Gasteiger partial charge is 0.336 e. The SMILES string of the molecule is C=CCN1CCN(C(=O)c2ccc(/C=C3\SC(=O)N(Cc4cccc(F)c4)C3=O)cc2)CC1. The minimum Gasteiger partial charge on any atom is -0.336 e. The normalized spacial score (nSPS) is 18.3. The van der Waals surface area contributed by atoms with Gasteiger partial charge >= 0.3 is 0 Å². The number of carbonyl (C=O) groups is 3. The average molecular weight is 466 g/mol. The fraction of sp³-hybridized carbons (Fsp3) is 0.240. The summed E-state index contributed by atoms with van der Waals surface area (Å²) in [6, 6.07) is 12.8. The van der Waals surface area contributed by atoms with E-state index in [1.165, 1.54) is 12.1 Å². The molecule has 2 aliphatic heterocycles. The maximum Gasteiger partial charge on any atom is 0.293 e. The number of rotatable bonds is 6. The summed E-state index contributed by atoms with van der Waals surface area (Å²) in [7, 11) is 0. The lowest BCUT2D eigenvalue weighted by atomic mass is 10.1. The summed E-state index contributed by atoms with van der Waals surface area (Å²) in [4.78, 5) is 43.3. The molecule has 0 aliphatic carbocycles. The van der Waals surface area contributed by atoms with E-state index >= 15 is 0 Å². The first kappa shape index (κ1) is 22.9. The number of amides is 3. The molecule has 0 atom stereocenters. The average Bonchev–Trinajstić information content (AvgIpc) is 3.07. The van der Waals surface area contributed by atoms with E-state index in [0.717, 1.165) is 41.9 Å². The van der Waals surface area contributed by atoms with Crippen molar-refractivity contribution in [1.82, 2.24) is 14.7 Å². The van der Waals surface area contributed by atoms with Crippen molar-refractivity contribution in [2.75, 3.05) is 32.7 Å². The number of hydrogen-bond acceptors (Lipinski definition) is 5. The Kier molecular flexibility index (Phi) is 7.05. The molecular formula is C25H24FN3O3S. The first-order valence-corrected chi connectivity index (χ1v) is 11.5. The molecule has 2 aliphatic rings. The Labute approximate surface area is 196 Å². The maximum atomic E-state index is 13.4. The Bertz CT molecular complexity index is 1110. The van der Waals surface area contributed by atoms with E-state index in [-0.39, 0.29) is 12.5 Å². The highest BCUT2D eigenvalue weighted by Gasteiger charge is 2.35. The summed E-state index contributed by atoms with van der Waals surface area (Å²) < 4.78 is 13.4. The van der Waals surface area contributed by atoms with E-state index in [9.17, 15) is 18.8 Å². The molecule has 4 rings (SSSR count). The second kappa shape index (κ2) is 10.1. The van der Waals surface area contributed by atoms with Crippen LogP contribution in [0.4, 0.5) is 9.18 Å². The van der Waals surface area contributed by atoms with Crippen LogP contribution in [-0.2, 0) is 11.3 Å². The van der Waals surface area contributed by atoms with Gasteiger partial charge in [0.15, 0.2) is 0 Å². The molecule has 0 saturated carbocycles. The second-order valence-corrected chi connectivity index (χ2v) is 8.89. The van der Waals surface area contributed by atoms with Crippen molar-refractivity contribution in [3.05, 3.63) is 88.6 Å². The lowest BCUT2D eigenvalue weighted by Crippen LogP contribution is -2.48. The predicted octanol–water partition coefficient (Wildman–Crippen LogP) is 4.01. The number of thioether (sulfide) groups is 1. The summed E-state index contributed by atoms with van der Waals surface area (Å²) in [5, 5.41) is -0.391. The first-order valence-electron chi connectivity index (χ1n) is 10.7. The third-order valence-electron chi connectivity index (χ3n) is 5.61. The smallest absolute Gasteiger partial charge is 0.293 e. The van der Waals surface area contributed by atoms with Crippen LogP contribution in [0.5, 0.6) is 0 Å². The summed E-state index contributed by atoms with van der Waals surface area (Å²) in [5.41, 5.74) is 1.86. The molecule has 0 bridgehead atoms. The van der Waals surface area contributed by atoms with E-state index < -0.39 is 17.0 Å². The molecule has 0 N–H and O–H groups in total. The summed E-state index contributed by atoms with van der Waals surface area (Å²) in [6.45, 7) is 7.59. The van der Waals surface area contributed by atoms with E-state index in [1.807, 2.05) is 11.0 Å². The lowest BCUT2D eigenvalue weighted by Gasteiger charge is -2.34. The number of piperazine rings is 1. The minimum atomic E-state index is -0.414. The number of carbonyl (C=O) groups excluding carboxylic acids is 3. The van der Waals surface area contributed by atoms with Crippen molar-refractivity contribution >= 4 is 34.9 Å². The van der Waals surface area contributed by atoms with Crippen LogP contribution >= 0.6 is 11.8 Å². The molecule has 0 radical (unpaired) electrons. The van der Waals surface area contributed by atoms with Gasteiger partial charge in [0.25, 0.3) is 17.1 Å². The first-order chi connectivity index (χ1) is 15.9. The summed E-state index contributed by atoms with van der Waals surface area (Å²) in [6.07, 6.45) is 3.51. The quantitative estimate of drug-likeness (QED) is 0.477. The van der Waals surface area contributed by atoms with Gasteiger partial charge in [0.1, 0.15) is 5.82 Å². The molecule has 2 heterocycles. The standard InChI is InChI=1S/C25H24FN3O3S/c1-2-10-27-11-13-28(14-12-27)23(30)20-8-6-18(7-9-20)16-22-24(31)29(25(32)33-22)17-19-4-3-5-21(26)15-19/h2-9,15-16H,1,10-14,17H2/b22-16-. The van der Waals surface area contributed by atoms with Crippen molar-refractivity contribution in [3.63, 3.8) is 0 Å². The Morgan fingerprint density at radius 2 is 1.79 bits per heavy atom. The lowest BCUT2D eigenvalue weighted by molar-refractivity contribution is -0.123. The van der Waals surface area contributed by atoms with Crippen LogP contribution in [0.3, 0.4) is 0 Å². The molecule has 8 heteroatoms. The molecule has 170 valence electrons. The van der Waals surface area contributed by atoms with E-state index in [4.69, 9.17) is 0 Å². The van der Waals surface area contributed by atoms with Crippen molar-refractivity contribution in [2.24, 2.45) is 0 Å². The molecule has 2 fully saturated rings. The molecule has 0 spiro atoms. The van der Waals surface area contributed by atoms with Crippen molar-refractivity contribution in [2.45, 2.75) is 6.54 Å². The molecule has 0 aromatic heterocycles. The highest BCUT2D eigenvalue weighted by Crippen LogP contribution is 2.33. The molecule has 6 nitrogen and oxygen atoms in total. The van der Waals surface area contributed by atoms with Gasteiger partial charge in [0.05, 0.1) is 11.4 Å². The number of nitrogens with zero attached hydrogens (tertiary/aromatic N) is 3. The van der Waals surface area contributed by atoms with Crippen LogP contribution in [-0.4, -0.2) is 64.5 Å². The highest BCUT2D eigenvalue weighted by atomic mass is 32.2. The minimum absolute atomic E-state index is 0.0183. The van der Waals surface area contributed by atoms with Gasteiger partial charge in [0, 0.05) is 38.3 Å². The van der Waals surface area contributed by atoms with Gasteiger partial charge in [0.2, 0.25) is 0 Å². The van der Waals surface area contributed by atoms with Gasteiger partial charge in [-0.2, -0.15) is 0 Å². The fourth-order valence-electron chi connectivity index (χ4n) is 3.83. The third kappa shape index (κ3) is 5.40. The van der Waals surface area contributed by atoms with Crippen LogP contribution in [0.25, 0.3) is 6.08 Å². The van der Waals surface area contributed by atoms with E-state index in [0.29, 0.717) is 29.1 Å². The number of hydrogen-bond donors (Lipinski definition) is 0. The van der Waals surface area contributed by atoms with Crippen LogP contribution in [0, 0.1) is 5.82 Å². The third-order valence-corrected chi connectivity index (χ3v) is 6.51. The van der Waals surface area contributed by atoms with Crippen molar-refractivity contribution < 1.29 is 18.8 Å². The van der Waals surface area contributed by atoms with Crippen LogP contribution in [0.2, 0.25) is 0 Å². The van der Waals surface area contributed by atoms with Gasteiger partial charge in [-0.15, -0.1) is 6.58 Å².